The molecule has 0 spiro atoms. The average Bonchev–Trinajstić information content (AvgIpc) is 2.71. The number of hydrogen-bond donors (Lipinski definition) is 0. The first kappa shape index (κ1) is 30.0. The summed E-state index contributed by atoms with van der Waals surface area (Å²) in [4.78, 5) is 0. The summed E-state index contributed by atoms with van der Waals surface area (Å²) < 4.78 is 17.7. The molecule has 0 saturated carbocycles. The Morgan fingerprint density at radius 2 is 1.28 bits per heavy atom. The summed E-state index contributed by atoms with van der Waals surface area (Å²) in [5.41, 5.74) is 1.39. The second-order valence-corrected chi connectivity index (χ2v) is 27.0. The monoisotopic (exact) mass is 511 g/mol. The highest BCUT2D eigenvalue weighted by atomic mass is 28.4. The highest BCUT2D eigenvalue weighted by Crippen LogP contribution is 2.27. The molecule has 3 nitrogen and oxygen atoms in total. The fourth-order valence-corrected chi connectivity index (χ4v) is 19.9. The van der Waals surface area contributed by atoms with Gasteiger partial charge in [0.25, 0.3) is 0 Å². The summed E-state index contributed by atoms with van der Waals surface area (Å²) in [5, 5.41) is 1.60. The molecule has 0 aliphatic rings. The lowest BCUT2D eigenvalue weighted by atomic mass is 10.1. The van der Waals surface area contributed by atoms with Crippen LogP contribution in [0.25, 0.3) is 0 Å². The van der Waals surface area contributed by atoms with Crippen LogP contribution in [0.4, 0.5) is 0 Å². The van der Waals surface area contributed by atoms with Crippen molar-refractivity contribution in [3.05, 3.63) is 29.8 Å². The van der Waals surface area contributed by atoms with Crippen LogP contribution in [0.3, 0.4) is 0 Å². The molecule has 1 radical (unpaired) electrons. The quantitative estimate of drug-likeness (QED) is 0.160. The van der Waals surface area contributed by atoms with Gasteiger partial charge in [-0.2, -0.15) is 0 Å². The third-order valence-corrected chi connectivity index (χ3v) is 19.5. The highest BCUT2D eigenvalue weighted by Gasteiger charge is 2.35. The van der Waals surface area contributed by atoms with Crippen LogP contribution >= 0.6 is 0 Å². The summed E-state index contributed by atoms with van der Waals surface area (Å²) >= 11 is 0. The normalized spacial score (nSPS) is 13.2. The molecular weight excluding hydrogens is 461 g/mol. The molecule has 0 atom stereocenters. The molecule has 0 fully saturated rings. The van der Waals surface area contributed by atoms with E-state index in [2.05, 4.69) is 70.5 Å². The molecule has 0 bridgehead atoms. The van der Waals surface area contributed by atoms with Gasteiger partial charge < -0.3 is 13.0 Å². The van der Waals surface area contributed by atoms with Gasteiger partial charge in [-0.15, -0.1) is 0 Å². The SMILES string of the molecule is CO[Si](CCCCCCCC[Si](C)(C)O[Si](C)(C)CC[Si](C)(C)c1cccc(C)c1)OC. The Hall–Kier alpha value is -0.0325. The number of hydrogen-bond acceptors (Lipinski definition) is 3. The van der Waals surface area contributed by atoms with E-state index in [1.54, 1.807) is 19.4 Å². The third kappa shape index (κ3) is 12.4. The molecule has 0 amide bonds. The van der Waals surface area contributed by atoms with Gasteiger partial charge in [-0.1, -0.05) is 92.7 Å². The predicted octanol–water partition coefficient (Wildman–Crippen LogP) is 7.46. The van der Waals surface area contributed by atoms with E-state index in [9.17, 15) is 0 Å². The maximum absolute atomic E-state index is 6.95. The Bertz CT molecular complexity index is 646. The van der Waals surface area contributed by atoms with E-state index in [0.717, 1.165) is 6.04 Å². The third-order valence-electron chi connectivity index (χ3n) is 6.57. The number of aryl methyl sites for hydroxylation is 1. The maximum atomic E-state index is 6.95. The first-order valence-corrected chi connectivity index (χ1v) is 23.6. The molecule has 0 aliphatic heterocycles. The largest absolute Gasteiger partial charge is 0.456 e. The fourth-order valence-electron chi connectivity index (χ4n) is 4.49. The Kier molecular flexibility index (Phi) is 13.5. The van der Waals surface area contributed by atoms with Gasteiger partial charge in [-0.25, -0.2) is 0 Å². The molecule has 1 rings (SSSR count). The van der Waals surface area contributed by atoms with Crippen molar-refractivity contribution in [1.29, 1.82) is 0 Å². The molecule has 32 heavy (non-hydrogen) atoms. The molecule has 0 N–H and O–H groups in total. The van der Waals surface area contributed by atoms with Crippen LogP contribution in [0.1, 0.15) is 44.1 Å². The van der Waals surface area contributed by atoms with E-state index in [-0.39, 0.29) is 0 Å². The minimum atomic E-state index is -1.62. The summed E-state index contributed by atoms with van der Waals surface area (Å²) in [5.74, 6) is 0. The molecule has 0 saturated heterocycles. The second-order valence-electron chi connectivity index (χ2n) is 11.3. The summed E-state index contributed by atoms with van der Waals surface area (Å²) in [6.45, 7) is 17.1. The van der Waals surface area contributed by atoms with Crippen molar-refractivity contribution in [1.82, 2.24) is 0 Å². The van der Waals surface area contributed by atoms with Crippen LogP contribution in [-0.2, 0) is 13.0 Å². The first-order chi connectivity index (χ1) is 14.9. The smallest absolute Gasteiger partial charge is 0.384 e. The van der Waals surface area contributed by atoms with Crippen molar-refractivity contribution in [3.63, 3.8) is 0 Å². The van der Waals surface area contributed by atoms with Crippen molar-refractivity contribution in [3.8, 4) is 0 Å². The van der Waals surface area contributed by atoms with Crippen molar-refractivity contribution in [2.45, 2.75) is 109 Å². The highest BCUT2D eigenvalue weighted by molar-refractivity contribution is 6.92. The standard InChI is InChI=1S/C25H51O3Si4/c1-24-17-16-18-25(23-24)30(4,5)21-22-32(8,9)28-31(6,7)20-15-13-11-10-12-14-19-29(26-2)27-3/h16-18,23H,10-15,19-22H2,1-9H3. The van der Waals surface area contributed by atoms with Crippen LogP contribution < -0.4 is 5.19 Å². The van der Waals surface area contributed by atoms with E-state index in [1.807, 2.05) is 0 Å². The lowest BCUT2D eigenvalue weighted by Gasteiger charge is -2.36. The maximum Gasteiger partial charge on any atom is 0.384 e. The van der Waals surface area contributed by atoms with Gasteiger partial charge in [-0.3, -0.25) is 0 Å². The van der Waals surface area contributed by atoms with E-state index in [0.29, 0.717) is 0 Å². The van der Waals surface area contributed by atoms with Crippen molar-refractivity contribution in [2.24, 2.45) is 0 Å². The van der Waals surface area contributed by atoms with Gasteiger partial charge in [-0.05, 0) is 51.2 Å². The van der Waals surface area contributed by atoms with Crippen LogP contribution in [0, 0.1) is 6.92 Å². The van der Waals surface area contributed by atoms with Gasteiger partial charge in [0, 0.05) is 14.2 Å². The van der Waals surface area contributed by atoms with Crippen molar-refractivity contribution < 1.29 is 13.0 Å². The molecule has 0 unspecified atom stereocenters. The van der Waals surface area contributed by atoms with Gasteiger partial charge >= 0.3 is 9.28 Å². The molecule has 0 aromatic heterocycles. The number of benzene rings is 1. The van der Waals surface area contributed by atoms with Crippen molar-refractivity contribution >= 4 is 39.2 Å². The van der Waals surface area contributed by atoms with E-state index < -0.39 is 34.0 Å². The molecule has 1 aromatic rings. The molecule has 7 heteroatoms. The lowest BCUT2D eigenvalue weighted by molar-refractivity contribution is 0.276. The number of rotatable bonds is 17. The topological polar surface area (TPSA) is 27.7 Å². The second kappa shape index (κ2) is 14.4. The predicted molar refractivity (Wildman–Crippen MR) is 151 cm³/mol. The van der Waals surface area contributed by atoms with Gasteiger partial charge in [0.2, 0.25) is 0 Å². The Morgan fingerprint density at radius 1 is 0.719 bits per heavy atom. The molecule has 0 heterocycles. The minimum Gasteiger partial charge on any atom is -0.456 e. The van der Waals surface area contributed by atoms with E-state index in [4.69, 9.17) is 13.0 Å². The number of unbranched alkanes of at least 4 members (excludes halogenated alkanes) is 5. The van der Waals surface area contributed by atoms with Crippen LogP contribution in [0.5, 0.6) is 0 Å². The zero-order valence-electron chi connectivity index (χ0n) is 22.6. The van der Waals surface area contributed by atoms with E-state index >= 15 is 0 Å². The molecular formula is C25H51O3Si4. The first-order valence-electron chi connectivity index (χ1n) is 12.6. The van der Waals surface area contributed by atoms with Gasteiger partial charge in [0.05, 0.1) is 8.07 Å². The van der Waals surface area contributed by atoms with E-state index in [1.165, 1.54) is 62.2 Å². The van der Waals surface area contributed by atoms with Gasteiger partial charge in [0.15, 0.2) is 16.6 Å². The zero-order chi connectivity index (χ0) is 24.3. The van der Waals surface area contributed by atoms with Crippen LogP contribution in [0.15, 0.2) is 24.3 Å². The summed E-state index contributed by atoms with van der Waals surface area (Å²) in [7, 11) is -2.06. The van der Waals surface area contributed by atoms with Crippen LogP contribution in [-0.4, -0.2) is 48.2 Å². The minimum absolute atomic E-state index is 0.993. The molecule has 1 aromatic carbocycles. The van der Waals surface area contributed by atoms with Gasteiger partial charge in [0.1, 0.15) is 0 Å². The summed E-state index contributed by atoms with van der Waals surface area (Å²) in [6.07, 6.45) is 7.91. The molecule has 0 aliphatic carbocycles. The lowest BCUT2D eigenvalue weighted by Crippen LogP contribution is -2.47. The van der Waals surface area contributed by atoms with Crippen molar-refractivity contribution in [2.75, 3.05) is 14.2 Å². The average molecular weight is 512 g/mol. The Morgan fingerprint density at radius 3 is 1.88 bits per heavy atom. The Labute approximate surface area is 204 Å². The fraction of sp³-hybridized carbons (Fsp3) is 0.760. The zero-order valence-corrected chi connectivity index (χ0v) is 26.6. The van der Waals surface area contributed by atoms with Crippen LogP contribution in [0.2, 0.25) is 63.5 Å². The molecule has 185 valence electrons. The Balaban J connectivity index is 2.32. The summed E-state index contributed by atoms with van der Waals surface area (Å²) in [6, 6.07) is 14.3.